The first kappa shape index (κ1) is 62.0. The molecule has 10 nitrogen and oxygen atoms in total. The summed E-state index contributed by atoms with van der Waals surface area (Å²) in [4.78, 5) is 53.9. The summed E-state index contributed by atoms with van der Waals surface area (Å²) in [7, 11) is 0. The van der Waals surface area contributed by atoms with Gasteiger partial charge in [-0.2, -0.15) is 0 Å². The zero-order valence-corrected chi connectivity index (χ0v) is 52.3. The summed E-state index contributed by atoms with van der Waals surface area (Å²) in [5.74, 6) is 0.531. The van der Waals surface area contributed by atoms with Crippen LogP contribution in [0.5, 0.6) is 11.5 Å². The second-order valence-electron chi connectivity index (χ2n) is 27.5. The third-order valence-electron chi connectivity index (χ3n) is 14.3. The van der Waals surface area contributed by atoms with Crippen LogP contribution in [0.1, 0.15) is 193 Å². The Bertz CT molecular complexity index is 3090. The normalized spacial score (nSPS) is 13.4. The average molecular weight is 1140 g/mol. The molecule has 81 heavy (non-hydrogen) atoms. The lowest BCUT2D eigenvalue weighted by Gasteiger charge is -2.34. The van der Waals surface area contributed by atoms with Gasteiger partial charge in [0.05, 0.1) is 26.8 Å². The number of benzene rings is 6. The third kappa shape index (κ3) is 14.4. The number of aryl methyl sites for hydroxylation is 2. The molecule has 0 bridgehead atoms. The van der Waals surface area contributed by atoms with Gasteiger partial charge in [0.25, 0.3) is 0 Å². The van der Waals surface area contributed by atoms with Crippen molar-refractivity contribution in [1.82, 2.24) is 0 Å². The minimum absolute atomic E-state index is 0.166. The Balaban J connectivity index is 1.16. The van der Waals surface area contributed by atoms with Crippen LogP contribution in [0.25, 0.3) is 11.1 Å². The molecule has 1 aliphatic carbocycles. The first-order valence-electron chi connectivity index (χ1n) is 27.9. The number of fused-ring (bicyclic) bond motifs is 3. The maximum Gasteiger partial charge on any atom is 0.514 e. The van der Waals surface area contributed by atoms with E-state index in [9.17, 15) is 19.2 Å². The topological polar surface area (TPSA) is 129 Å². The second kappa shape index (κ2) is 23.0. The highest BCUT2D eigenvalue weighted by Gasteiger charge is 2.46. The lowest BCUT2D eigenvalue weighted by atomic mass is 9.67. The van der Waals surface area contributed by atoms with Gasteiger partial charge < -0.3 is 29.6 Å². The standard InChI is InChI=1S/C69H82Cl2N2O8/c1-63(2,3)49-35-41(36-50(64(4,5)6)59(49)78-61(76)80-67(13,14)15)27-33-57(74)72-55-31-29-43(39-53(55)70)69(47-25-21-19-23-45(47)46-24-20-22-26-48(46)69)44-30-32-56(54(71)40-44)73-58(75)34-28-42-37-51(65(7,8)9)60(52(38-42)66(10,11)12)79-62(77)81-68(16,17)18/h19-26,29-32,35-40H,27-28,33-34H2,1-18H3,(H,72,74)(H,73,75). The quantitative estimate of drug-likeness (QED) is 0.0914. The van der Waals surface area contributed by atoms with Gasteiger partial charge in [0.2, 0.25) is 11.8 Å². The fraction of sp³-hybridized carbons (Fsp3) is 0.420. The van der Waals surface area contributed by atoms with E-state index in [0.29, 0.717) is 45.8 Å². The summed E-state index contributed by atoms with van der Waals surface area (Å²) in [6.07, 6.45) is -0.354. The van der Waals surface area contributed by atoms with Crippen LogP contribution in [0.4, 0.5) is 21.0 Å². The fourth-order valence-corrected chi connectivity index (χ4v) is 10.9. The van der Waals surface area contributed by atoms with E-state index in [-0.39, 0.29) is 24.7 Å². The number of hydrogen-bond acceptors (Lipinski definition) is 8. The Kier molecular flexibility index (Phi) is 17.6. The molecule has 0 atom stereocenters. The smallest absolute Gasteiger partial charge is 0.428 e. The molecule has 430 valence electrons. The van der Waals surface area contributed by atoms with Gasteiger partial charge >= 0.3 is 12.3 Å². The summed E-state index contributed by atoms with van der Waals surface area (Å²) in [6.45, 7) is 35.6. The molecule has 0 radical (unpaired) electrons. The van der Waals surface area contributed by atoms with Gasteiger partial charge in [-0.1, -0.05) is 191 Å². The minimum Gasteiger partial charge on any atom is -0.428 e. The molecule has 2 N–H and O–H groups in total. The van der Waals surface area contributed by atoms with Crippen molar-refractivity contribution in [2.45, 2.75) is 189 Å². The number of halogens is 2. The predicted octanol–water partition coefficient (Wildman–Crippen LogP) is 18.3. The van der Waals surface area contributed by atoms with Crippen LogP contribution in [-0.4, -0.2) is 35.3 Å². The van der Waals surface area contributed by atoms with E-state index >= 15 is 0 Å². The van der Waals surface area contributed by atoms with E-state index in [1.807, 2.05) is 84.9 Å². The molecule has 12 heteroatoms. The first-order chi connectivity index (χ1) is 37.4. The van der Waals surface area contributed by atoms with Crippen molar-refractivity contribution in [1.29, 1.82) is 0 Å². The number of amides is 2. The Morgan fingerprint density at radius 1 is 0.432 bits per heavy atom. The molecule has 0 saturated carbocycles. The van der Waals surface area contributed by atoms with Gasteiger partial charge in [-0.05, 0) is 145 Å². The number of carbonyl (C=O) groups is 4. The number of ether oxygens (including phenoxy) is 4. The Morgan fingerprint density at radius 3 is 1.02 bits per heavy atom. The molecule has 6 aromatic rings. The van der Waals surface area contributed by atoms with Crippen LogP contribution in [0.15, 0.2) is 109 Å². The molecule has 2 amide bonds. The van der Waals surface area contributed by atoms with Crippen molar-refractivity contribution in [3.05, 3.63) is 175 Å². The first-order valence-corrected chi connectivity index (χ1v) is 28.7. The largest absolute Gasteiger partial charge is 0.514 e. The van der Waals surface area contributed by atoms with Crippen LogP contribution >= 0.6 is 23.2 Å². The molecule has 0 heterocycles. The average Bonchev–Trinajstić information content (AvgIpc) is 2.93. The van der Waals surface area contributed by atoms with Gasteiger partial charge in [-0.25, -0.2) is 9.59 Å². The maximum atomic E-state index is 13.9. The summed E-state index contributed by atoms with van der Waals surface area (Å²) in [5, 5.41) is 6.90. The van der Waals surface area contributed by atoms with E-state index < -0.39 is 50.6 Å². The highest BCUT2D eigenvalue weighted by atomic mass is 35.5. The van der Waals surface area contributed by atoms with Gasteiger partial charge in [-0.15, -0.1) is 0 Å². The lowest BCUT2D eigenvalue weighted by Crippen LogP contribution is -2.29. The number of nitrogens with one attached hydrogen (secondary N) is 2. The molecule has 0 aromatic heterocycles. The monoisotopic (exact) mass is 1140 g/mol. The third-order valence-corrected chi connectivity index (χ3v) is 14.9. The number of hydrogen-bond donors (Lipinski definition) is 2. The number of rotatable bonds is 12. The Labute approximate surface area is 491 Å². The Hall–Kier alpha value is -6.62. The van der Waals surface area contributed by atoms with Crippen molar-refractivity contribution in [2.24, 2.45) is 0 Å². The van der Waals surface area contributed by atoms with E-state index in [4.69, 9.17) is 42.1 Å². The van der Waals surface area contributed by atoms with Gasteiger partial charge in [-0.3, -0.25) is 9.59 Å². The molecular weight excluding hydrogens is 1060 g/mol. The van der Waals surface area contributed by atoms with Crippen molar-refractivity contribution in [2.75, 3.05) is 10.6 Å². The van der Waals surface area contributed by atoms with E-state index in [1.165, 1.54) is 0 Å². The van der Waals surface area contributed by atoms with E-state index in [1.54, 1.807) is 41.5 Å². The fourth-order valence-electron chi connectivity index (χ4n) is 10.5. The molecule has 0 spiro atoms. The minimum atomic E-state index is -0.894. The van der Waals surface area contributed by atoms with Crippen LogP contribution in [-0.2, 0) is 59.0 Å². The molecule has 0 unspecified atom stereocenters. The molecule has 0 saturated heterocycles. The number of carbonyl (C=O) groups excluding carboxylic acids is 4. The molecule has 6 aromatic carbocycles. The summed E-state index contributed by atoms with van der Waals surface area (Å²) in [5.41, 5.74) is 8.14. The number of anilines is 2. The second-order valence-corrected chi connectivity index (χ2v) is 28.3. The molecule has 7 rings (SSSR count). The van der Waals surface area contributed by atoms with E-state index in [2.05, 4.69) is 118 Å². The summed E-state index contributed by atoms with van der Waals surface area (Å²) >= 11 is 14.5. The van der Waals surface area contributed by atoms with Crippen molar-refractivity contribution >= 4 is 58.7 Å². The highest BCUT2D eigenvalue weighted by Crippen LogP contribution is 2.57. The zero-order valence-electron chi connectivity index (χ0n) is 50.7. The van der Waals surface area contributed by atoms with Gasteiger partial charge in [0.15, 0.2) is 0 Å². The molecule has 1 aliphatic rings. The summed E-state index contributed by atoms with van der Waals surface area (Å²) in [6, 6.07) is 36.2. The van der Waals surface area contributed by atoms with E-state index in [0.717, 1.165) is 66.8 Å². The Morgan fingerprint density at radius 2 is 0.741 bits per heavy atom. The van der Waals surface area contributed by atoms with Crippen LogP contribution in [0.3, 0.4) is 0 Å². The van der Waals surface area contributed by atoms with Crippen LogP contribution in [0.2, 0.25) is 10.0 Å². The van der Waals surface area contributed by atoms with Crippen molar-refractivity contribution in [3.63, 3.8) is 0 Å². The maximum absolute atomic E-state index is 13.9. The lowest BCUT2D eigenvalue weighted by molar-refractivity contribution is -0.117. The van der Waals surface area contributed by atoms with Crippen LogP contribution in [0, 0.1) is 0 Å². The predicted molar refractivity (Wildman–Crippen MR) is 329 cm³/mol. The molecule has 0 fully saturated rings. The van der Waals surface area contributed by atoms with Crippen molar-refractivity contribution < 1.29 is 38.1 Å². The highest BCUT2D eigenvalue weighted by molar-refractivity contribution is 6.34. The van der Waals surface area contributed by atoms with Gasteiger partial charge in [0, 0.05) is 35.1 Å². The van der Waals surface area contributed by atoms with Crippen molar-refractivity contribution in [3.8, 4) is 22.6 Å². The van der Waals surface area contributed by atoms with Gasteiger partial charge in [0.1, 0.15) is 22.7 Å². The van der Waals surface area contributed by atoms with Crippen LogP contribution < -0.4 is 20.1 Å². The SMILES string of the molecule is CC(C)(C)OC(=O)Oc1c(C(C)(C)C)cc(CCC(=O)Nc2ccc(C3(c4ccc(NC(=O)CCc5cc(C(C)(C)C)c(OC(=O)OC(C)(C)C)c(C(C)(C)C)c5)c(Cl)c4)c4ccccc4-c4ccccc43)cc2Cl)cc1C(C)(C)C. The molecular formula is C69H82Cl2N2O8. The summed E-state index contributed by atoms with van der Waals surface area (Å²) < 4.78 is 23.1. The zero-order chi connectivity index (χ0) is 60.0. The molecule has 0 aliphatic heterocycles.